The molecule has 4 heteroatoms. The van der Waals surface area contributed by atoms with Crippen LogP contribution in [-0.2, 0) is 10.8 Å². The summed E-state index contributed by atoms with van der Waals surface area (Å²) < 4.78 is 6.55. The molecule has 0 amide bonds. The first-order valence-electron chi connectivity index (χ1n) is 9.19. The molecule has 0 bridgehead atoms. The smallest absolute Gasteiger partial charge is 0.192 e. The minimum atomic E-state index is -1.66. The molecule has 1 aromatic carbocycles. The second-order valence-electron chi connectivity index (χ2n) is 8.88. The van der Waals surface area contributed by atoms with Gasteiger partial charge in [-0.2, -0.15) is 5.26 Å². The van der Waals surface area contributed by atoms with Crippen molar-refractivity contribution < 1.29 is 4.43 Å². The van der Waals surface area contributed by atoms with Gasteiger partial charge in [-0.25, -0.2) is 0 Å². The van der Waals surface area contributed by atoms with Crippen LogP contribution < -0.4 is 4.90 Å². The topological polar surface area (TPSA) is 36.3 Å². The van der Waals surface area contributed by atoms with Crippen molar-refractivity contribution in [1.29, 1.82) is 5.26 Å². The highest BCUT2D eigenvalue weighted by Gasteiger charge is 2.44. The molecular weight excluding hydrogens is 312 g/mol. The van der Waals surface area contributed by atoms with E-state index in [0.717, 1.165) is 31.4 Å². The molecule has 1 saturated carbocycles. The Morgan fingerprint density at radius 1 is 1.25 bits per heavy atom. The lowest BCUT2D eigenvalue weighted by Crippen LogP contribution is -2.54. The standard InChI is InChI=1S/C20H30N2OSi/c1-20(2,3)24(4,5)23-18-12-17(13-18)22-10-6-7-16-9-8-15(14-21)11-19(16)22/h8-9,11,17-18H,6-7,10,12-13H2,1-5H3. The predicted molar refractivity (Wildman–Crippen MR) is 102 cm³/mol. The average molecular weight is 343 g/mol. The highest BCUT2D eigenvalue weighted by molar-refractivity contribution is 6.74. The summed E-state index contributed by atoms with van der Waals surface area (Å²) in [6.07, 6.45) is 5.02. The molecule has 0 spiro atoms. The van der Waals surface area contributed by atoms with Crippen LogP contribution in [0.1, 0.15) is 51.2 Å². The Bertz CT molecular complexity index is 651. The molecule has 0 radical (unpaired) electrons. The van der Waals surface area contributed by atoms with Crippen molar-refractivity contribution in [1.82, 2.24) is 0 Å². The van der Waals surface area contributed by atoms with E-state index in [2.05, 4.69) is 57.0 Å². The van der Waals surface area contributed by atoms with E-state index in [1.165, 1.54) is 17.7 Å². The molecule has 0 N–H and O–H groups in total. The van der Waals surface area contributed by atoms with Gasteiger partial charge in [0.1, 0.15) is 0 Å². The van der Waals surface area contributed by atoms with Gasteiger partial charge >= 0.3 is 0 Å². The molecule has 1 aromatic rings. The van der Waals surface area contributed by atoms with E-state index in [1.807, 2.05) is 6.07 Å². The monoisotopic (exact) mass is 342 g/mol. The van der Waals surface area contributed by atoms with Gasteiger partial charge in [0.05, 0.1) is 11.6 Å². The molecule has 0 aromatic heterocycles. The second-order valence-corrected chi connectivity index (χ2v) is 13.6. The van der Waals surface area contributed by atoms with Crippen molar-refractivity contribution in [2.24, 2.45) is 0 Å². The summed E-state index contributed by atoms with van der Waals surface area (Å²) in [6, 6.07) is 9.03. The molecule has 1 aliphatic carbocycles. The van der Waals surface area contributed by atoms with Gasteiger partial charge in [-0.05, 0) is 61.5 Å². The highest BCUT2D eigenvalue weighted by Crippen LogP contribution is 2.42. The minimum absolute atomic E-state index is 0.275. The van der Waals surface area contributed by atoms with Gasteiger partial charge in [0.15, 0.2) is 8.32 Å². The van der Waals surface area contributed by atoms with Crippen LogP contribution in [0.4, 0.5) is 5.69 Å². The summed E-state index contributed by atoms with van der Waals surface area (Å²) in [6.45, 7) is 12.7. The first-order chi connectivity index (χ1) is 11.2. The third kappa shape index (κ3) is 3.25. The molecule has 1 aliphatic heterocycles. The van der Waals surface area contributed by atoms with Crippen molar-refractivity contribution in [2.45, 2.75) is 76.7 Å². The molecule has 0 atom stereocenters. The molecule has 3 nitrogen and oxygen atoms in total. The normalized spacial score (nSPS) is 24.1. The average Bonchev–Trinajstić information content (AvgIpc) is 2.48. The van der Waals surface area contributed by atoms with Crippen molar-refractivity contribution in [3.05, 3.63) is 29.3 Å². The molecule has 2 aliphatic rings. The first kappa shape index (κ1) is 17.5. The zero-order valence-corrected chi connectivity index (χ0v) is 16.7. The fourth-order valence-corrected chi connectivity index (χ4v) is 4.91. The van der Waals surface area contributed by atoms with Crippen LogP contribution in [0.25, 0.3) is 0 Å². The Hall–Kier alpha value is -1.31. The number of benzene rings is 1. The number of nitriles is 1. The Kier molecular flexibility index (Phi) is 4.52. The summed E-state index contributed by atoms with van der Waals surface area (Å²) in [5.74, 6) is 0. The van der Waals surface area contributed by atoms with Crippen molar-refractivity contribution >= 4 is 14.0 Å². The maximum Gasteiger partial charge on any atom is 0.192 e. The van der Waals surface area contributed by atoms with Crippen LogP contribution in [0.3, 0.4) is 0 Å². The molecule has 1 fully saturated rings. The Morgan fingerprint density at radius 2 is 1.96 bits per heavy atom. The fourth-order valence-electron chi connectivity index (χ4n) is 3.53. The molecule has 3 rings (SSSR count). The van der Waals surface area contributed by atoms with E-state index in [9.17, 15) is 5.26 Å². The maximum atomic E-state index is 9.20. The largest absolute Gasteiger partial charge is 0.414 e. The van der Waals surface area contributed by atoms with Gasteiger partial charge in [-0.3, -0.25) is 0 Å². The fraction of sp³-hybridized carbons (Fsp3) is 0.650. The number of nitrogens with zero attached hydrogens (tertiary/aromatic N) is 2. The zero-order chi connectivity index (χ0) is 17.5. The number of hydrogen-bond acceptors (Lipinski definition) is 3. The third-order valence-electron chi connectivity index (χ3n) is 6.15. The number of rotatable bonds is 3. The third-order valence-corrected chi connectivity index (χ3v) is 10.7. The van der Waals surface area contributed by atoms with E-state index < -0.39 is 8.32 Å². The minimum Gasteiger partial charge on any atom is -0.414 e. The van der Waals surface area contributed by atoms with E-state index in [4.69, 9.17) is 4.43 Å². The van der Waals surface area contributed by atoms with Crippen LogP contribution in [0.15, 0.2) is 18.2 Å². The van der Waals surface area contributed by atoms with Crippen LogP contribution in [-0.4, -0.2) is 27.0 Å². The SMILES string of the molecule is CC(C)(C)[Si](C)(C)OC1CC(N2CCCc3ccc(C#N)cc32)C1. The number of fused-ring (bicyclic) bond motifs is 1. The lowest BCUT2D eigenvalue weighted by atomic mass is 9.85. The van der Waals surface area contributed by atoms with Crippen molar-refractivity contribution in [3.8, 4) is 6.07 Å². The number of anilines is 1. The van der Waals surface area contributed by atoms with Crippen LogP contribution in [0.5, 0.6) is 0 Å². The summed E-state index contributed by atoms with van der Waals surface area (Å²) in [5.41, 5.74) is 3.46. The molecule has 24 heavy (non-hydrogen) atoms. The molecule has 130 valence electrons. The van der Waals surface area contributed by atoms with E-state index in [-0.39, 0.29) is 5.04 Å². The molecule has 1 heterocycles. The zero-order valence-electron chi connectivity index (χ0n) is 15.7. The second kappa shape index (κ2) is 6.20. The quantitative estimate of drug-likeness (QED) is 0.736. The van der Waals surface area contributed by atoms with Gasteiger partial charge in [0, 0.05) is 24.4 Å². The molecular formula is C20H30N2OSi. The van der Waals surface area contributed by atoms with Gasteiger partial charge in [-0.15, -0.1) is 0 Å². The van der Waals surface area contributed by atoms with E-state index in [0.29, 0.717) is 12.1 Å². The Labute approximate surface area is 147 Å². The Morgan fingerprint density at radius 3 is 2.58 bits per heavy atom. The van der Waals surface area contributed by atoms with Gasteiger partial charge < -0.3 is 9.33 Å². The van der Waals surface area contributed by atoms with Gasteiger partial charge in [-0.1, -0.05) is 26.8 Å². The predicted octanol–water partition coefficient (Wildman–Crippen LogP) is 4.86. The van der Waals surface area contributed by atoms with Crippen LogP contribution in [0.2, 0.25) is 18.1 Å². The summed E-state index contributed by atoms with van der Waals surface area (Å²) in [4.78, 5) is 2.53. The highest BCUT2D eigenvalue weighted by atomic mass is 28.4. The number of hydrogen-bond donors (Lipinski definition) is 0. The summed E-state index contributed by atoms with van der Waals surface area (Å²) in [7, 11) is -1.66. The first-order valence-corrected chi connectivity index (χ1v) is 12.1. The maximum absolute atomic E-state index is 9.20. The van der Waals surface area contributed by atoms with Gasteiger partial charge in [0.25, 0.3) is 0 Å². The lowest BCUT2D eigenvalue weighted by Gasteiger charge is -2.49. The van der Waals surface area contributed by atoms with Crippen molar-refractivity contribution in [3.63, 3.8) is 0 Å². The number of aryl methyl sites for hydroxylation is 1. The molecule has 0 saturated heterocycles. The van der Waals surface area contributed by atoms with Crippen molar-refractivity contribution in [2.75, 3.05) is 11.4 Å². The van der Waals surface area contributed by atoms with E-state index in [1.54, 1.807) is 0 Å². The summed E-state index contributed by atoms with van der Waals surface area (Å²) in [5, 5.41) is 9.47. The Balaban J connectivity index is 1.67. The van der Waals surface area contributed by atoms with Crippen LogP contribution in [0, 0.1) is 11.3 Å². The summed E-state index contributed by atoms with van der Waals surface area (Å²) >= 11 is 0. The molecule has 0 unspecified atom stereocenters. The van der Waals surface area contributed by atoms with Gasteiger partial charge in [0.2, 0.25) is 0 Å². The van der Waals surface area contributed by atoms with Crippen LogP contribution >= 0.6 is 0 Å². The lowest BCUT2D eigenvalue weighted by molar-refractivity contribution is 0.0821. The van der Waals surface area contributed by atoms with E-state index >= 15 is 0 Å².